The van der Waals surface area contributed by atoms with E-state index in [1.807, 2.05) is 30.1 Å². The number of nitrogens with zero attached hydrogens (tertiary/aromatic N) is 6. The van der Waals surface area contributed by atoms with E-state index >= 15 is 0 Å². The molecule has 1 atom stereocenters. The van der Waals surface area contributed by atoms with Gasteiger partial charge in [-0.2, -0.15) is 0 Å². The molecule has 4 rings (SSSR count). The third-order valence-corrected chi connectivity index (χ3v) is 7.68. The Bertz CT molecular complexity index is 1320. The second-order valence-corrected chi connectivity index (χ2v) is 10.3. The molecule has 14 heteroatoms. The zero-order valence-electron chi connectivity index (χ0n) is 21.3. The standard InChI is InChI=1S/C23H31N7O6S/c1-5-7-20-24-15(3)21-23(31)25-22(26-29(20)21)18-12-17(8-9-19(18)35-6-2)37(34)28-13-16(14-28)27(4)10-11-36-30(32)33/h8-9,12,16H,5-7,10-11,13-14H2,1-4H3,(H,25,26,31). The van der Waals surface area contributed by atoms with Gasteiger partial charge in [0.1, 0.15) is 18.2 Å². The summed E-state index contributed by atoms with van der Waals surface area (Å²) in [4.78, 5) is 37.5. The fraction of sp³-hybridized carbons (Fsp3) is 0.522. The average molecular weight is 534 g/mol. The van der Waals surface area contributed by atoms with Gasteiger partial charge in [0.15, 0.2) is 16.2 Å². The molecule has 3 aromatic rings. The van der Waals surface area contributed by atoms with Crippen LogP contribution in [0.15, 0.2) is 27.9 Å². The number of likely N-dealkylation sites (N-methyl/N-ethyl adjacent to an activating group) is 1. The van der Waals surface area contributed by atoms with Crippen LogP contribution in [-0.4, -0.2) is 84.4 Å². The normalized spacial score (nSPS) is 15.2. The van der Waals surface area contributed by atoms with Gasteiger partial charge in [-0.05, 0) is 39.4 Å². The number of fused-ring (bicyclic) bond motifs is 1. The molecule has 1 aliphatic rings. The first-order valence-electron chi connectivity index (χ1n) is 12.1. The molecule has 37 heavy (non-hydrogen) atoms. The number of H-pyrrole nitrogens is 1. The molecule has 1 aliphatic heterocycles. The van der Waals surface area contributed by atoms with Crippen molar-refractivity contribution in [3.8, 4) is 17.1 Å². The van der Waals surface area contributed by atoms with Gasteiger partial charge in [-0.3, -0.25) is 9.69 Å². The predicted octanol–water partition coefficient (Wildman–Crippen LogP) is 1.59. The Labute approximate surface area is 216 Å². The lowest BCUT2D eigenvalue weighted by atomic mass is 10.1. The van der Waals surface area contributed by atoms with Crippen molar-refractivity contribution in [3.63, 3.8) is 0 Å². The van der Waals surface area contributed by atoms with Crippen LogP contribution in [0.3, 0.4) is 0 Å². The van der Waals surface area contributed by atoms with Crippen molar-refractivity contribution in [2.75, 3.05) is 39.9 Å². The number of ether oxygens (including phenoxy) is 1. The molecule has 0 radical (unpaired) electrons. The van der Waals surface area contributed by atoms with Gasteiger partial charge in [-0.15, -0.1) is 19.5 Å². The third kappa shape index (κ3) is 5.71. The molecule has 0 amide bonds. The molecule has 13 nitrogen and oxygen atoms in total. The number of aryl methyl sites for hydroxylation is 2. The number of benzene rings is 1. The van der Waals surface area contributed by atoms with Crippen LogP contribution in [0.1, 0.15) is 31.8 Å². The smallest absolute Gasteiger partial charge is 0.294 e. The maximum Gasteiger partial charge on any atom is 0.294 e. The van der Waals surface area contributed by atoms with E-state index in [0.717, 1.165) is 6.42 Å². The molecule has 2 aromatic heterocycles. The Morgan fingerprint density at radius 3 is 2.76 bits per heavy atom. The van der Waals surface area contributed by atoms with Crippen molar-refractivity contribution in [2.45, 2.75) is 44.6 Å². The second-order valence-electron chi connectivity index (χ2n) is 8.80. The molecule has 1 fully saturated rings. The van der Waals surface area contributed by atoms with Crippen LogP contribution in [-0.2, 0) is 22.6 Å². The van der Waals surface area contributed by atoms with Gasteiger partial charge in [0.2, 0.25) is 0 Å². The number of aromatic nitrogens is 4. The molecule has 1 unspecified atom stereocenters. The molecule has 0 bridgehead atoms. The van der Waals surface area contributed by atoms with Gasteiger partial charge >= 0.3 is 0 Å². The van der Waals surface area contributed by atoms with E-state index in [9.17, 15) is 19.5 Å². The summed E-state index contributed by atoms with van der Waals surface area (Å²) in [5.41, 5.74) is 1.25. The molecule has 1 aromatic carbocycles. The molecule has 0 aliphatic carbocycles. The van der Waals surface area contributed by atoms with E-state index in [4.69, 9.17) is 4.74 Å². The van der Waals surface area contributed by atoms with E-state index in [1.54, 1.807) is 29.6 Å². The van der Waals surface area contributed by atoms with Crippen molar-refractivity contribution in [1.29, 1.82) is 0 Å². The Balaban J connectivity index is 1.58. The molecule has 3 heterocycles. The van der Waals surface area contributed by atoms with E-state index in [0.29, 0.717) is 71.7 Å². The highest BCUT2D eigenvalue weighted by molar-refractivity contribution is 7.89. The van der Waals surface area contributed by atoms with Crippen LogP contribution in [0, 0.1) is 17.0 Å². The fourth-order valence-electron chi connectivity index (χ4n) is 4.25. The highest BCUT2D eigenvalue weighted by atomic mass is 32.2. The number of hydrogen-bond acceptors (Lipinski definition) is 10. The molecule has 0 spiro atoms. The Hall–Kier alpha value is -3.20. The van der Waals surface area contributed by atoms with Crippen molar-refractivity contribution in [1.82, 2.24) is 28.8 Å². The number of hydrogen-bond donors (Lipinski definition) is 1. The quantitative estimate of drug-likeness (QED) is 0.206. The van der Waals surface area contributed by atoms with Crippen LogP contribution in [0.4, 0.5) is 0 Å². The minimum atomic E-state index is -1.45. The number of aromatic amines is 1. The molecule has 1 saturated heterocycles. The van der Waals surface area contributed by atoms with Gasteiger partial charge in [-0.25, -0.2) is 9.50 Å². The molecule has 1 N–H and O–H groups in total. The van der Waals surface area contributed by atoms with Crippen molar-refractivity contribution >= 4 is 16.9 Å². The zero-order valence-corrected chi connectivity index (χ0v) is 22.1. The summed E-state index contributed by atoms with van der Waals surface area (Å²) in [6, 6.07) is 5.33. The van der Waals surface area contributed by atoms with Crippen LogP contribution in [0.5, 0.6) is 5.75 Å². The fourth-order valence-corrected chi connectivity index (χ4v) is 5.56. The number of nitrogens with one attached hydrogen (secondary N) is 1. The molecular weight excluding hydrogens is 502 g/mol. The first-order chi connectivity index (χ1) is 17.7. The summed E-state index contributed by atoms with van der Waals surface area (Å²) in [6.45, 7) is 7.56. The lowest BCUT2D eigenvalue weighted by Gasteiger charge is -2.42. The SMILES string of the molecule is CCCc1nc(C)c2c(=O)[nH]c(-c3cc([S+]([O-])N4CC(N(C)CCO[N+](=O)[O-])C4)ccc3OCC)nn12. The van der Waals surface area contributed by atoms with E-state index in [1.165, 1.54) is 0 Å². The van der Waals surface area contributed by atoms with E-state index < -0.39 is 16.4 Å². The highest BCUT2D eigenvalue weighted by Gasteiger charge is 2.39. The van der Waals surface area contributed by atoms with Gasteiger partial charge in [0.25, 0.3) is 10.6 Å². The maximum atomic E-state index is 13.3. The Morgan fingerprint density at radius 1 is 1.32 bits per heavy atom. The lowest BCUT2D eigenvalue weighted by molar-refractivity contribution is -0.757. The largest absolute Gasteiger partial charge is 0.593 e. The third-order valence-electron chi connectivity index (χ3n) is 6.25. The maximum absolute atomic E-state index is 13.3. The number of imidazole rings is 1. The van der Waals surface area contributed by atoms with Crippen molar-refractivity contribution < 1.29 is 19.2 Å². The summed E-state index contributed by atoms with van der Waals surface area (Å²) >= 11 is -1.45. The summed E-state index contributed by atoms with van der Waals surface area (Å²) in [7, 11) is 1.85. The number of rotatable bonds is 12. The molecule has 200 valence electrons. The first-order valence-corrected chi connectivity index (χ1v) is 13.2. The van der Waals surface area contributed by atoms with Crippen LogP contribution in [0.2, 0.25) is 0 Å². The lowest BCUT2D eigenvalue weighted by Crippen LogP contribution is -2.60. The highest BCUT2D eigenvalue weighted by Crippen LogP contribution is 2.32. The van der Waals surface area contributed by atoms with Gasteiger partial charge in [0.05, 0.1) is 42.3 Å². The van der Waals surface area contributed by atoms with Crippen molar-refractivity contribution in [3.05, 3.63) is 50.2 Å². The van der Waals surface area contributed by atoms with Crippen LogP contribution in [0.25, 0.3) is 16.9 Å². The van der Waals surface area contributed by atoms with Gasteiger partial charge in [0, 0.05) is 25.1 Å². The minimum absolute atomic E-state index is 0.0166. The van der Waals surface area contributed by atoms with Gasteiger partial charge < -0.3 is 19.1 Å². The van der Waals surface area contributed by atoms with Crippen LogP contribution < -0.4 is 10.3 Å². The zero-order chi connectivity index (χ0) is 26.7. The molecule has 0 saturated carbocycles. The van der Waals surface area contributed by atoms with E-state index in [-0.39, 0.29) is 18.2 Å². The van der Waals surface area contributed by atoms with Crippen LogP contribution >= 0.6 is 0 Å². The Kier molecular flexibility index (Phi) is 8.32. The van der Waals surface area contributed by atoms with E-state index in [2.05, 4.69) is 19.9 Å². The summed E-state index contributed by atoms with van der Waals surface area (Å²) in [6.07, 6.45) is 1.53. The summed E-state index contributed by atoms with van der Waals surface area (Å²) < 4.78 is 22.5. The van der Waals surface area contributed by atoms with Gasteiger partial charge in [-0.1, -0.05) is 6.92 Å². The molecular formula is C23H31N7O6S. The first kappa shape index (κ1) is 26.9. The summed E-state index contributed by atoms with van der Waals surface area (Å²) in [5.74, 6) is 1.53. The predicted molar refractivity (Wildman–Crippen MR) is 136 cm³/mol. The second kappa shape index (κ2) is 11.5. The average Bonchev–Trinajstić information content (AvgIpc) is 3.14. The van der Waals surface area contributed by atoms with Crippen molar-refractivity contribution in [2.24, 2.45) is 0 Å². The monoisotopic (exact) mass is 533 g/mol. The minimum Gasteiger partial charge on any atom is -0.593 e. The topological polar surface area (TPSA) is 154 Å². The summed E-state index contributed by atoms with van der Waals surface area (Å²) in [5, 5.41) is 14.2. The Morgan fingerprint density at radius 2 is 2.08 bits per heavy atom.